The Bertz CT molecular complexity index is 601. The first-order valence-corrected chi connectivity index (χ1v) is 7.77. The molecule has 110 valence electrons. The molecule has 1 aliphatic carbocycles. The molecule has 0 spiro atoms. The van der Waals surface area contributed by atoms with E-state index in [1.165, 1.54) is 5.56 Å². The van der Waals surface area contributed by atoms with E-state index in [0.29, 0.717) is 17.5 Å². The van der Waals surface area contributed by atoms with Gasteiger partial charge < -0.3 is 10.8 Å². The van der Waals surface area contributed by atoms with Crippen molar-refractivity contribution < 1.29 is 5.11 Å². The molecule has 3 N–H and O–H groups in total. The van der Waals surface area contributed by atoms with Crippen LogP contribution >= 0.6 is 11.6 Å². The Hall–Kier alpha value is -1.35. The minimum absolute atomic E-state index is 0.0996. The minimum atomic E-state index is -0.444. The fourth-order valence-electron chi connectivity index (χ4n) is 3.20. The van der Waals surface area contributed by atoms with Crippen molar-refractivity contribution in [2.24, 2.45) is 11.7 Å². The summed E-state index contributed by atoms with van der Waals surface area (Å²) in [5.74, 6) is 0.618. The number of hydrogen-bond donors (Lipinski definition) is 2. The van der Waals surface area contributed by atoms with E-state index < -0.39 is 6.10 Å². The quantitative estimate of drug-likeness (QED) is 0.887. The zero-order valence-electron chi connectivity index (χ0n) is 11.8. The molecule has 1 saturated carbocycles. The van der Waals surface area contributed by atoms with Crippen LogP contribution in [0.25, 0.3) is 0 Å². The van der Waals surface area contributed by atoms with Gasteiger partial charge in [-0.1, -0.05) is 60.1 Å². The topological polar surface area (TPSA) is 46.2 Å². The lowest BCUT2D eigenvalue weighted by molar-refractivity contribution is 0.120. The maximum atomic E-state index is 10.7. The van der Waals surface area contributed by atoms with E-state index in [0.717, 1.165) is 12.0 Å². The van der Waals surface area contributed by atoms with Crippen LogP contribution in [0.2, 0.25) is 5.02 Å². The third-order valence-electron chi connectivity index (χ3n) is 4.48. The van der Waals surface area contributed by atoms with E-state index in [1.54, 1.807) is 0 Å². The first-order valence-electron chi connectivity index (χ1n) is 7.40. The molecule has 2 aromatic rings. The van der Waals surface area contributed by atoms with Gasteiger partial charge in [0.25, 0.3) is 0 Å². The molecule has 3 rings (SSSR count). The molecular formula is C18H20ClNO. The number of aliphatic hydroxyl groups excluding tert-OH is 1. The number of aliphatic hydroxyl groups is 1. The van der Waals surface area contributed by atoms with Crippen molar-refractivity contribution in [3.63, 3.8) is 0 Å². The van der Waals surface area contributed by atoms with Crippen LogP contribution in [0.4, 0.5) is 0 Å². The summed E-state index contributed by atoms with van der Waals surface area (Å²) >= 11 is 6.25. The number of rotatable bonds is 5. The van der Waals surface area contributed by atoms with Crippen LogP contribution in [0.1, 0.15) is 29.4 Å². The second-order valence-electron chi connectivity index (χ2n) is 5.77. The number of halogens is 1. The summed E-state index contributed by atoms with van der Waals surface area (Å²) < 4.78 is 0. The van der Waals surface area contributed by atoms with Crippen LogP contribution in [0.3, 0.4) is 0 Å². The van der Waals surface area contributed by atoms with Crippen LogP contribution < -0.4 is 5.73 Å². The first kappa shape index (κ1) is 14.6. The monoisotopic (exact) mass is 301 g/mol. The molecule has 0 heterocycles. The number of nitrogens with two attached hydrogens (primary N) is 1. The zero-order chi connectivity index (χ0) is 14.8. The van der Waals surface area contributed by atoms with Gasteiger partial charge in [0.2, 0.25) is 0 Å². The maximum Gasteiger partial charge on any atom is 0.0655 e. The molecule has 2 nitrogen and oxygen atoms in total. The summed E-state index contributed by atoms with van der Waals surface area (Å²) in [5, 5.41) is 11.4. The second kappa shape index (κ2) is 6.18. The molecular weight excluding hydrogens is 282 g/mol. The average molecular weight is 302 g/mol. The van der Waals surface area contributed by atoms with Crippen LogP contribution in [-0.4, -0.2) is 17.8 Å². The molecule has 0 radical (unpaired) electrons. The van der Waals surface area contributed by atoms with Gasteiger partial charge in [-0.3, -0.25) is 0 Å². The zero-order valence-corrected chi connectivity index (χ0v) is 12.6. The van der Waals surface area contributed by atoms with Gasteiger partial charge in [-0.25, -0.2) is 0 Å². The van der Waals surface area contributed by atoms with Crippen LogP contribution in [0.5, 0.6) is 0 Å². The molecule has 4 unspecified atom stereocenters. The Morgan fingerprint density at radius 2 is 1.76 bits per heavy atom. The molecule has 1 aliphatic rings. The highest BCUT2D eigenvalue weighted by molar-refractivity contribution is 6.31. The lowest BCUT2D eigenvalue weighted by atomic mass is 9.89. The van der Waals surface area contributed by atoms with Gasteiger partial charge in [-0.2, -0.15) is 0 Å². The van der Waals surface area contributed by atoms with E-state index in [2.05, 4.69) is 12.1 Å². The summed E-state index contributed by atoms with van der Waals surface area (Å²) in [6.07, 6.45) is 0.576. The van der Waals surface area contributed by atoms with Crippen molar-refractivity contribution in [3.8, 4) is 0 Å². The predicted octanol–water partition coefficient (Wildman–Crippen LogP) is 3.55. The van der Waals surface area contributed by atoms with Gasteiger partial charge in [0.15, 0.2) is 0 Å². The SMILES string of the molecule is NCC(c1ccccc1Cl)C(O)C1CC1c1ccccc1. The summed E-state index contributed by atoms with van der Waals surface area (Å²) in [6.45, 7) is 0.406. The normalized spacial score (nSPS) is 23.6. The van der Waals surface area contributed by atoms with Gasteiger partial charge in [0.1, 0.15) is 0 Å². The molecule has 21 heavy (non-hydrogen) atoms. The van der Waals surface area contributed by atoms with Crippen molar-refractivity contribution in [3.05, 3.63) is 70.7 Å². The van der Waals surface area contributed by atoms with Gasteiger partial charge >= 0.3 is 0 Å². The van der Waals surface area contributed by atoms with E-state index in [9.17, 15) is 5.11 Å². The van der Waals surface area contributed by atoms with Crippen LogP contribution in [-0.2, 0) is 0 Å². The summed E-state index contributed by atoms with van der Waals surface area (Å²) in [4.78, 5) is 0. The highest BCUT2D eigenvalue weighted by atomic mass is 35.5. The van der Waals surface area contributed by atoms with E-state index in [1.807, 2.05) is 42.5 Å². The number of hydrogen-bond acceptors (Lipinski definition) is 2. The second-order valence-corrected chi connectivity index (χ2v) is 6.18. The van der Waals surface area contributed by atoms with Crippen molar-refractivity contribution in [1.82, 2.24) is 0 Å². The van der Waals surface area contributed by atoms with Gasteiger partial charge in [-0.05, 0) is 35.4 Å². The molecule has 1 fully saturated rings. The first-order chi connectivity index (χ1) is 10.2. The molecule has 0 saturated heterocycles. The minimum Gasteiger partial charge on any atom is -0.392 e. The predicted molar refractivity (Wildman–Crippen MR) is 86.5 cm³/mol. The van der Waals surface area contributed by atoms with Gasteiger partial charge in [-0.15, -0.1) is 0 Å². The van der Waals surface area contributed by atoms with Crippen molar-refractivity contribution in [2.75, 3.05) is 6.54 Å². The molecule has 4 atom stereocenters. The Morgan fingerprint density at radius 1 is 1.10 bits per heavy atom. The average Bonchev–Trinajstić information content (AvgIpc) is 3.31. The lowest BCUT2D eigenvalue weighted by Crippen LogP contribution is -2.28. The Balaban J connectivity index is 1.76. The van der Waals surface area contributed by atoms with E-state index in [-0.39, 0.29) is 11.8 Å². The van der Waals surface area contributed by atoms with Gasteiger partial charge in [0.05, 0.1) is 6.10 Å². The smallest absolute Gasteiger partial charge is 0.0655 e. The Labute approximate surface area is 130 Å². The summed E-state index contributed by atoms with van der Waals surface area (Å²) in [7, 11) is 0. The summed E-state index contributed by atoms with van der Waals surface area (Å²) in [6, 6.07) is 18.0. The Morgan fingerprint density at radius 3 is 2.43 bits per heavy atom. The fraction of sp³-hybridized carbons (Fsp3) is 0.333. The van der Waals surface area contributed by atoms with Crippen molar-refractivity contribution >= 4 is 11.6 Å². The largest absolute Gasteiger partial charge is 0.392 e. The standard InChI is InChI=1S/C18H20ClNO/c19-17-9-5-4-8-13(17)16(11-20)18(21)15-10-14(15)12-6-2-1-3-7-12/h1-9,14-16,18,21H,10-11,20H2. The Kier molecular flexibility index (Phi) is 4.29. The molecule has 0 bridgehead atoms. The van der Waals surface area contributed by atoms with Gasteiger partial charge in [0, 0.05) is 17.5 Å². The van der Waals surface area contributed by atoms with Crippen molar-refractivity contribution in [1.29, 1.82) is 0 Å². The molecule has 0 aromatic heterocycles. The highest BCUT2D eigenvalue weighted by Gasteiger charge is 2.46. The third-order valence-corrected chi connectivity index (χ3v) is 4.82. The molecule has 0 amide bonds. The van der Waals surface area contributed by atoms with E-state index >= 15 is 0 Å². The molecule has 0 aliphatic heterocycles. The van der Waals surface area contributed by atoms with Crippen LogP contribution in [0.15, 0.2) is 54.6 Å². The van der Waals surface area contributed by atoms with Crippen LogP contribution in [0, 0.1) is 5.92 Å². The highest BCUT2D eigenvalue weighted by Crippen LogP contribution is 2.52. The van der Waals surface area contributed by atoms with Crippen molar-refractivity contribution in [2.45, 2.75) is 24.4 Å². The maximum absolute atomic E-state index is 10.7. The molecule has 2 aromatic carbocycles. The third kappa shape index (κ3) is 2.98. The molecule has 3 heteroatoms. The summed E-state index contributed by atoms with van der Waals surface area (Å²) in [5.41, 5.74) is 8.16. The number of benzene rings is 2. The fourth-order valence-corrected chi connectivity index (χ4v) is 3.48. The van der Waals surface area contributed by atoms with E-state index in [4.69, 9.17) is 17.3 Å². The lowest BCUT2D eigenvalue weighted by Gasteiger charge is -2.23.